The molecule has 0 atom stereocenters. The van der Waals surface area contributed by atoms with Gasteiger partial charge in [-0.15, -0.1) is 0 Å². The Kier molecular flexibility index (Phi) is 7.82. The second kappa shape index (κ2) is 12.5. The highest BCUT2D eigenvalue weighted by atomic mass is 15.1. The lowest BCUT2D eigenvalue weighted by atomic mass is 9.61. The molecule has 0 fully saturated rings. The number of benzene rings is 7. The number of hydrogen-bond donors (Lipinski definition) is 0. The SMILES string of the molecule is Cc1c(-c2cc3c(cc2N(c2ccccc2)c2ccccc2)C(c2ccccc2)(c2ccccc2)c2ccccc2-3)ccc2c1C(C)(C)CCC2(C)C. The molecule has 2 aliphatic rings. The fourth-order valence-electron chi connectivity index (χ4n) is 9.78. The van der Waals surface area contributed by atoms with Crippen molar-refractivity contribution in [2.45, 2.75) is 63.7 Å². The molecule has 7 aromatic rings. The molecule has 0 unspecified atom stereocenters. The van der Waals surface area contributed by atoms with Crippen LogP contribution in [0.15, 0.2) is 170 Å². The normalized spacial score (nSPS) is 15.9. The van der Waals surface area contributed by atoms with Crippen molar-refractivity contribution in [2.24, 2.45) is 0 Å². The minimum Gasteiger partial charge on any atom is -0.310 e. The molecule has 1 nitrogen and oxygen atoms in total. The molecule has 0 heterocycles. The molecule has 0 radical (unpaired) electrons. The first-order valence-corrected chi connectivity index (χ1v) is 19.2. The second-order valence-corrected chi connectivity index (χ2v) is 16.4. The van der Waals surface area contributed by atoms with Gasteiger partial charge in [0.05, 0.1) is 11.1 Å². The summed E-state index contributed by atoms with van der Waals surface area (Å²) >= 11 is 0. The van der Waals surface area contributed by atoms with Crippen LogP contribution in [-0.2, 0) is 16.2 Å². The van der Waals surface area contributed by atoms with Crippen LogP contribution in [0.25, 0.3) is 22.3 Å². The number of anilines is 3. The first kappa shape index (κ1) is 33.2. The Hall–Kier alpha value is -5.66. The minimum absolute atomic E-state index is 0.0861. The van der Waals surface area contributed by atoms with E-state index in [0.717, 1.165) is 11.4 Å². The van der Waals surface area contributed by atoms with E-state index in [0.29, 0.717) is 0 Å². The van der Waals surface area contributed by atoms with Crippen LogP contribution in [0.1, 0.15) is 79.5 Å². The molecule has 0 aromatic heterocycles. The molecule has 2 aliphatic carbocycles. The van der Waals surface area contributed by atoms with Crippen LogP contribution in [0.3, 0.4) is 0 Å². The molecule has 0 aliphatic heterocycles. The fourth-order valence-corrected chi connectivity index (χ4v) is 9.78. The van der Waals surface area contributed by atoms with E-state index in [1.807, 2.05) is 0 Å². The monoisotopic (exact) mass is 685 g/mol. The van der Waals surface area contributed by atoms with Crippen molar-refractivity contribution in [1.29, 1.82) is 0 Å². The summed E-state index contributed by atoms with van der Waals surface area (Å²) in [5.41, 5.74) is 17.9. The fraction of sp³-hybridized carbons (Fsp3) is 0.192. The van der Waals surface area contributed by atoms with E-state index in [1.54, 1.807) is 0 Å². The number of nitrogens with zero attached hydrogens (tertiary/aromatic N) is 1. The zero-order chi connectivity index (χ0) is 36.4. The van der Waals surface area contributed by atoms with Crippen molar-refractivity contribution < 1.29 is 0 Å². The van der Waals surface area contributed by atoms with Gasteiger partial charge in [0.2, 0.25) is 0 Å². The van der Waals surface area contributed by atoms with Crippen LogP contribution >= 0.6 is 0 Å². The van der Waals surface area contributed by atoms with Gasteiger partial charge >= 0.3 is 0 Å². The van der Waals surface area contributed by atoms with E-state index >= 15 is 0 Å². The summed E-state index contributed by atoms with van der Waals surface area (Å²) < 4.78 is 0. The number of rotatable bonds is 6. The first-order valence-electron chi connectivity index (χ1n) is 19.2. The van der Waals surface area contributed by atoms with Crippen molar-refractivity contribution in [3.63, 3.8) is 0 Å². The third kappa shape index (κ3) is 5.12. The molecular formula is C52H47N. The van der Waals surface area contributed by atoms with Gasteiger partial charge in [-0.05, 0) is 123 Å². The van der Waals surface area contributed by atoms with Crippen LogP contribution in [0, 0.1) is 6.92 Å². The van der Waals surface area contributed by atoms with E-state index in [4.69, 9.17) is 0 Å². The average Bonchev–Trinajstić information content (AvgIpc) is 3.48. The summed E-state index contributed by atoms with van der Waals surface area (Å²) in [6.07, 6.45) is 2.38. The Balaban J connectivity index is 1.44. The van der Waals surface area contributed by atoms with Crippen LogP contribution < -0.4 is 4.90 Å². The minimum atomic E-state index is -0.502. The van der Waals surface area contributed by atoms with Crippen LogP contribution in [0.5, 0.6) is 0 Å². The van der Waals surface area contributed by atoms with Gasteiger partial charge in [0, 0.05) is 16.9 Å². The zero-order valence-corrected chi connectivity index (χ0v) is 31.5. The Morgan fingerprint density at radius 2 is 0.925 bits per heavy atom. The summed E-state index contributed by atoms with van der Waals surface area (Å²) in [7, 11) is 0. The van der Waals surface area contributed by atoms with Crippen LogP contribution in [-0.4, -0.2) is 0 Å². The predicted octanol–water partition coefficient (Wildman–Crippen LogP) is 13.8. The van der Waals surface area contributed by atoms with Crippen molar-refractivity contribution in [2.75, 3.05) is 4.90 Å². The number of para-hydroxylation sites is 2. The molecule has 0 N–H and O–H groups in total. The number of fused-ring (bicyclic) bond motifs is 4. The Bertz CT molecular complexity index is 2360. The van der Waals surface area contributed by atoms with E-state index in [2.05, 4.69) is 209 Å². The molecule has 0 bridgehead atoms. The van der Waals surface area contributed by atoms with E-state index in [-0.39, 0.29) is 10.8 Å². The van der Waals surface area contributed by atoms with Gasteiger partial charge in [-0.3, -0.25) is 0 Å². The summed E-state index contributed by atoms with van der Waals surface area (Å²) in [6, 6.07) is 63.2. The first-order chi connectivity index (χ1) is 25.7. The smallest absolute Gasteiger partial charge is 0.0714 e. The maximum atomic E-state index is 2.54. The van der Waals surface area contributed by atoms with Crippen molar-refractivity contribution >= 4 is 17.1 Å². The molecule has 53 heavy (non-hydrogen) atoms. The molecule has 0 saturated heterocycles. The summed E-state index contributed by atoms with van der Waals surface area (Å²) in [4.78, 5) is 2.48. The topological polar surface area (TPSA) is 3.24 Å². The Labute approximate surface area is 315 Å². The van der Waals surface area contributed by atoms with Gasteiger partial charge in [-0.2, -0.15) is 0 Å². The van der Waals surface area contributed by atoms with E-state index in [9.17, 15) is 0 Å². The highest BCUT2D eigenvalue weighted by Crippen LogP contribution is 2.59. The van der Waals surface area contributed by atoms with Crippen molar-refractivity contribution in [3.8, 4) is 22.3 Å². The third-order valence-corrected chi connectivity index (χ3v) is 12.4. The molecular weight excluding hydrogens is 639 g/mol. The average molecular weight is 686 g/mol. The molecule has 0 saturated carbocycles. The van der Waals surface area contributed by atoms with Gasteiger partial charge in [0.25, 0.3) is 0 Å². The van der Waals surface area contributed by atoms with E-state index in [1.165, 1.54) is 79.7 Å². The molecule has 0 amide bonds. The van der Waals surface area contributed by atoms with E-state index < -0.39 is 5.41 Å². The lowest BCUT2D eigenvalue weighted by Crippen LogP contribution is -2.34. The number of hydrogen-bond acceptors (Lipinski definition) is 1. The third-order valence-electron chi connectivity index (χ3n) is 12.4. The zero-order valence-electron chi connectivity index (χ0n) is 31.5. The van der Waals surface area contributed by atoms with Crippen molar-refractivity contribution in [1.82, 2.24) is 0 Å². The Morgan fingerprint density at radius 1 is 0.415 bits per heavy atom. The quantitative estimate of drug-likeness (QED) is 0.168. The standard InChI is InChI=1S/C52H47N/c1-36-41(30-31-46-49(36)51(4,5)33-32-50(46,2)3)44-34-43-42-28-18-19-29-45(42)52(37-20-10-6-11-21-37,38-22-12-7-13-23-38)47(43)35-48(44)53(39-24-14-8-15-25-39)40-26-16-9-17-27-40/h6-31,34-35H,32-33H2,1-5H3. The van der Waals surface area contributed by atoms with Gasteiger partial charge in [0.1, 0.15) is 0 Å². The van der Waals surface area contributed by atoms with Gasteiger partial charge < -0.3 is 4.90 Å². The van der Waals surface area contributed by atoms with Gasteiger partial charge in [-0.25, -0.2) is 0 Å². The van der Waals surface area contributed by atoms with Crippen LogP contribution in [0.4, 0.5) is 17.1 Å². The van der Waals surface area contributed by atoms with Crippen molar-refractivity contribution in [3.05, 3.63) is 209 Å². The van der Waals surface area contributed by atoms with Gasteiger partial charge in [0.15, 0.2) is 0 Å². The summed E-state index contributed by atoms with van der Waals surface area (Å²) in [5.74, 6) is 0. The molecule has 1 heteroatoms. The molecule has 0 spiro atoms. The van der Waals surface area contributed by atoms with Gasteiger partial charge in [-0.1, -0.05) is 161 Å². The lowest BCUT2D eigenvalue weighted by Gasteiger charge is -2.43. The highest BCUT2D eigenvalue weighted by molar-refractivity contribution is 5.97. The molecule has 260 valence electrons. The Morgan fingerprint density at radius 3 is 1.51 bits per heavy atom. The maximum absolute atomic E-state index is 2.54. The summed E-state index contributed by atoms with van der Waals surface area (Å²) in [6.45, 7) is 12.1. The summed E-state index contributed by atoms with van der Waals surface area (Å²) in [5, 5.41) is 0. The largest absolute Gasteiger partial charge is 0.310 e. The second-order valence-electron chi connectivity index (χ2n) is 16.4. The molecule has 9 rings (SSSR count). The molecule has 7 aromatic carbocycles. The van der Waals surface area contributed by atoms with Crippen LogP contribution in [0.2, 0.25) is 0 Å². The predicted molar refractivity (Wildman–Crippen MR) is 224 cm³/mol. The lowest BCUT2D eigenvalue weighted by molar-refractivity contribution is 0.330. The highest BCUT2D eigenvalue weighted by Gasteiger charge is 2.47. The maximum Gasteiger partial charge on any atom is 0.0714 e.